The zero-order chi connectivity index (χ0) is 17.5. The van der Waals surface area contributed by atoms with E-state index in [1.165, 1.54) is 29.8 Å². The van der Waals surface area contributed by atoms with E-state index >= 15 is 0 Å². The number of thiophene rings is 1. The fourth-order valence-corrected chi connectivity index (χ4v) is 3.46. The molecule has 25 heavy (non-hydrogen) atoms. The minimum Gasteiger partial charge on any atom is -0.484 e. The quantitative estimate of drug-likeness (QED) is 0.820. The lowest BCUT2D eigenvalue weighted by molar-refractivity contribution is -0.123. The predicted molar refractivity (Wildman–Crippen MR) is 94.4 cm³/mol. The second kappa shape index (κ2) is 8.94. The summed E-state index contributed by atoms with van der Waals surface area (Å²) in [5, 5.41) is 7.09. The van der Waals surface area contributed by atoms with Crippen molar-refractivity contribution in [2.24, 2.45) is 0 Å². The van der Waals surface area contributed by atoms with Gasteiger partial charge in [-0.15, -0.1) is 0 Å². The lowest BCUT2D eigenvalue weighted by atomic mass is 10.1. The molecule has 1 atom stereocenters. The number of morpholine rings is 1. The highest BCUT2D eigenvalue weighted by atomic mass is 32.1. The molecule has 1 aromatic carbocycles. The van der Waals surface area contributed by atoms with Gasteiger partial charge in [0.1, 0.15) is 11.6 Å². The van der Waals surface area contributed by atoms with Crippen molar-refractivity contribution < 1.29 is 18.7 Å². The summed E-state index contributed by atoms with van der Waals surface area (Å²) in [5.74, 6) is -0.0576. The van der Waals surface area contributed by atoms with E-state index in [9.17, 15) is 9.18 Å². The van der Waals surface area contributed by atoms with Crippen molar-refractivity contribution >= 4 is 17.2 Å². The molecule has 1 saturated heterocycles. The van der Waals surface area contributed by atoms with E-state index < -0.39 is 0 Å². The number of nitrogens with zero attached hydrogens (tertiary/aromatic N) is 1. The molecule has 2 aromatic rings. The van der Waals surface area contributed by atoms with Crippen LogP contribution in [-0.4, -0.2) is 50.3 Å². The van der Waals surface area contributed by atoms with Crippen molar-refractivity contribution in [2.75, 3.05) is 39.5 Å². The molecule has 1 unspecified atom stereocenters. The molecule has 7 heteroatoms. The van der Waals surface area contributed by atoms with Crippen LogP contribution in [0.2, 0.25) is 0 Å². The van der Waals surface area contributed by atoms with E-state index in [2.05, 4.69) is 21.7 Å². The average Bonchev–Trinajstić information content (AvgIpc) is 3.17. The van der Waals surface area contributed by atoms with Crippen molar-refractivity contribution in [3.63, 3.8) is 0 Å². The van der Waals surface area contributed by atoms with E-state index in [0.29, 0.717) is 25.5 Å². The normalized spacial score (nSPS) is 16.4. The average molecular weight is 364 g/mol. The molecule has 1 aliphatic rings. The van der Waals surface area contributed by atoms with Crippen molar-refractivity contribution in [3.8, 4) is 5.75 Å². The smallest absolute Gasteiger partial charge is 0.258 e. The molecule has 0 aliphatic carbocycles. The third-order valence-electron chi connectivity index (χ3n) is 4.09. The van der Waals surface area contributed by atoms with Crippen LogP contribution < -0.4 is 10.1 Å². The second-order valence-electron chi connectivity index (χ2n) is 5.77. The van der Waals surface area contributed by atoms with Crippen LogP contribution in [0.3, 0.4) is 0 Å². The fraction of sp³-hybridized carbons (Fsp3) is 0.389. The highest BCUT2D eigenvalue weighted by Gasteiger charge is 2.23. The molecule has 1 aromatic heterocycles. The van der Waals surface area contributed by atoms with Gasteiger partial charge in [0.15, 0.2) is 6.61 Å². The molecule has 2 heterocycles. The highest BCUT2D eigenvalue weighted by molar-refractivity contribution is 7.07. The number of carbonyl (C=O) groups is 1. The van der Waals surface area contributed by atoms with Crippen molar-refractivity contribution in [3.05, 3.63) is 52.5 Å². The summed E-state index contributed by atoms with van der Waals surface area (Å²) < 4.78 is 23.7. The SMILES string of the molecule is O=C(COc1ccc(F)cc1)NCC(c1ccsc1)N1CCOCC1. The number of amides is 1. The van der Waals surface area contributed by atoms with Crippen molar-refractivity contribution in [1.82, 2.24) is 10.2 Å². The Kier molecular flexibility index (Phi) is 6.38. The second-order valence-corrected chi connectivity index (χ2v) is 6.55. The summed E-state index contributed by atoms with van der Waals surface area (Å²) in [7, 11) is 0. The van der Waals surface area contributed by atoms with E-state index in [1.807, 2.05) is 5.38 Å². The molecular formula is C18H21FN2O3S. The van der Waals surface area contributed by atoms with Gasteiger partial charge in [0.05, 0.1) is 19.3 Å². The van der Waals surface area contributed by atoms with E-state index in [-0.39, 0.29) is 24.4 Å². The van der Waals surface area contributed by atoms with Gasteiger partial charge in [-0.25, -0.2) is 4.39 Å². The number of rotatable bonds is 7. The summed E-state index contributed by atoms with van der Waals surface area (Å²) in [6, 6.07) is 7.84. The molecule has 1 fully saturated rings. The number of hydrogen-bond acceptors (Lipinski definition) is 5. The van der Waals surface area contributed by atoms with Gasteiger partial charge >= 0.3 is 0 Å². The van der Waals surface area contributed by atoms with Gasteiger partial charge in [-0.3, -0.25) is 9.69 Å². The van der Waals surface area contributed by atoms with Gasteiger partial charge in [-0.1, -0.05) is 0 Å². The summed E-state index contributed by atoms with van der Waals surface area (Å²) in [6.07, 6.45) is 0. The van der Waals surface area contributed by atoms with Crippen LogP contribution in [0.15, 0.2) is 41.1 Å². The maximum atomic E-state index is 12.9. The monoisotopic (exact) mass is 364 g/mol. The molecule has 0 radical (unpaired) electrons. The number of halogens is 1. The molecule has 1 N–H and O–H groups in total. The Balaban J connectivity index is 1.51. The van der Waals surface area contributed by atoms with Crippen LogP contribution >= 0.6 is 11.3 Å². The lowest BCUT2D eigenvalue weighted by Gasteiger charge is -2.34. The maximum Gasteiger partial charge on any atom is 0.258 e. The Morgan fingerprint density at radius 3 is 2.72 bits per heavy atom. The summed E-state index contributed by atoms with van der Waals surface area (Å²) in [4.78, 5) is 14.4. The molecule has 134 valence electrons. The van der Waals surface area contributed by atoms with E-state index in [4.69, 9.17) is 9.47 Å². The van der Waals surface area contributed by atoms with Gasteiger partial charge in [0, 0.05) is 19.6 Å². The Morgan fingerprint density at radius 1 is 1.28 bits per heavy atom. The number of carbonyl (C=O) groups excluding carboxylic acids is 1. The number of nitrogens with one attached hydrogen (secondary N) is 1. The van der Waals surface area contributed by atoms with E-state index in [0.717, 1.165) is 13.1 Å². The molecule has 5 nitrogen and oxygen atoms in total. The first-order valence-electron chi connectivity index (χ1n) is 8.21. The number of ether oxygens (including phenoxy) is 2. The fourth-order valence-electron chi connectivity index (χ4n) is 2.75. The highest BCUT2D eigenvalue weighted by Crippen LogP contribution is 2.23. The summed E-state index contributed by atoms with van der Waals surface area (Å²) in [6.45, 7) is 3.54. The van der Waals surface area contributed by atoms with Crippen LogP contribution in [0.5, 0.6) is 5.75 Å². The van der Waals surface area contributed by atoms with Crippen molar-refractivity contribution in [1.29, 1.82) is 0 Å². The van der Waals surface area contributed by atoms with Gasteiger partial charge in [0.25, 0.3) is 5.91 Å². The van der Waals surface area contributed by atoms with Crippen LogP contribution in [0.4, 0.5) is 4.39 Å². The molecule has 3 rings (SSSR count). The lowest BCUT2D eigenvalue weighted by Crippen LogP contribution is -2.44. The minimum absolute atomic E-state index is 0.0922. The van der Waals surface area contributed by atoms with Gasteiger partial charge < -0.3 is 14.8 Å². The number of hydrogen-bond donors (Lipinski definition) is 1. The molecule has 0 bridgehead atoms. The summed E-state index contributed by atoms with van der Waals surface area (Å²) >= 11 is 1.65. The molecule has 0 saturated carbocycles. The predicted octanol–water partition coefficient (Wildman–Crippen LogP) is 2.46. The molecule has 0 spiro atoms. The minimum atomic E-state index is -0.332. The Morgan fingerprint density at radius 2 is 2.04 bits per heavy atom. The molecular weight excluding hydrogens is 343 g/mol. The van der Waals surface area contributed by atoms with Gasteiger partial charge in [0.2, 0.25) is 0 Å². The largest absolute Gasteiger partial charge is 0.484 e. The van der Waals surface area contributed by atoms with Crippen LogP contribution in [0.25, 0.3) is 0 Å². The van der Waals surface area contributed by atoms with Crippen LogP contribution in [0.1, 0.15) is 11.6 Å². The van der Waals surface area contributed by atoms with Crippen LogP contribution in [-0.2, 0) is 9.53 Å². The van der Waals surface area contributed by atoms with Crippen LogP contribution in [0, 0.1) is 5.82 Å². The first-order chi connectivity index (χ1) is 12.2. The van der Waals surface area contributed by atoms with Gasteiger partial charge in [-0.2, -0.15) is 11.3 Å². The standard InChI is InChI=1S/C18H21FN2O3S/c19-15-1-3-16(4-2-15)24-12-18(22)20-11-17(14-5-10-25-13-14)21-6-8-23-9-7-21/h1-5,10,13,17H,6-9,11-12H2,(H,20,22). The molecule has 1 aliphatic heterocycles. The Bertz CT molecular complexity index is 657. The Hall–Kier alpha value is -1.96. The van der Waals surface area contributed by atoms with Crippen molar-refractivity contribution in [2.45, 2.75) is 6.04 Å². The topological polar surface area (TPSA) is 50.8 Å². The zero-order valence-corrected chi connectivity index (χ0v) is 14.6. The molecule has 1 amide bonds. The third-order valence-corrected chi connectivity index (χ3v) is 4.79. The summed E-state index contributed by atoms with van der Waals surface area (Å²) in [5.41, 5.74) is 1.20. The van der Waals surface area contributed by atoms with E-state index in [1.54, 1.807) is 11.3 Å². The third kappa shape index (κ3) is 5.26. The van der Waals surface area contributed by atoms with Gasteiger partial charge in [-0.05, 0) is 46.7 Å². The Labute approximate surface area is 150 Å². The number of benzene rings is 1. The zero-order valence-electron chi connectivity index (χ0n) is 13.8. The first-order valence-corrected chi connectivity index (χ1v) is 9.15. The maximum absolute atomic E-state index is 12.9. The first kappa shape index (κ1) is 17.8.